The van der Waals surface area contributed by atoms with Gasteiger partial charge in [-0.05, 0) is 86.7 Å². The Bertz CT molecular complexity index is 2560. The van der Waals surface area contributed by atoms with E-state index in [0.29, 0.717) is 48.7 Å². The van der Waals surface area contributed by atoms with E-state index in [1.165, 1.54) is 0 Å². The first-order valence-corrected chi connectivity index (χ1v) is 23.8. The second-order valence-electron chi connectivity index (χ2n) is 17.1. The van der Waals surface area contributed by atoms with Crippen molar-refractivity contribution in [3.05, 3.63) is 136 Å². The highest BCUT2D eigenvalue weighted by Crippen LogP contribution is 2.51. The summed E-state index contributed by atoms with van der Waals surface area (Å²) >= 11 is 0. The molecule has 2 aromatic heterocycles. The Balaban J connectivity index is 1.37. The predicted octanol–water partition coefficient (Wildman–Crippen LogP) is 10.6. The zero-order valence-electron chi connectivity index (χ0n) is 38.9. The van der Waals surface area contributed by atoms with Crippen molar-refractivity contribution in [2.75, 3.05) is 38.8 Å². The molecule has 2 N–H and O–H groups in total. The second kappa shape index (κ2) is 22.0. The van der Waals surface area contributed by atoms with Crippen LogP contribution in [0.3, 0.4) is 0 Å². The lowest BCUT2D eigenvalue weighted by atomic mass is 9.80. The Kier molecular flexibility index (Phi) is 16.0. The van der Waals surface area contributed by atoms with Crippen molar-refractivity contribution in [2.24, 2.45) is 16.1 Å². The van der Waals surface area contributed by atoms with Gasteiger partial charge in [0.15, 0.2) is 11.2 Å². The first-order valence-electron chi connectivity index (χ1n) is 22.4. The predicted molar refractivity (Wildman–Crippen MR) is 258 cm³/mol. The smallest absolute Gasteiger partial charge is 0.280 e. The van der Waals surface area contributed by atoms with Crippen molar-refractivity contribution in [3.8, 4) is 17.6 Å². The normalized spacial score (nSPS) is 17.0. The molecular weight excluding hydrogens is 854 g/mol. The number of aromatic nitrogens is 4. The Morgan fingerprint density at radius 2 is 1.45 bits per heavy atom. The molecule has 6 aromatic rings. The summed E-state index contributed by atoms with van der Waals surface area (Å²) in [4.78, 5) is 26.2. The SMILES string of the molecule is COc1ccc(C(OC[C@H]2O[C@@H](n3c(N=Nc4ccccc4)nc4c(=O)[nH]c(NCC(C)C)nc43)C[C@@H]2OP(CCC#N)N(C(C)C)C(C)C)(c2ccccc2)c2ccc(OC)cc2)cc1. The molecule has 0 bridgehead atoms. The number of nitrogens with zero attached hydrogens (tertiary/aromatic N) is 7. The molecule has 15 nitrogen and oxygen atoms in total. The summed E-state index contributed by atoms with van der Waals surface area (Å²) in [7, 11) is 1.98. The summed E-state index contributed by atoms with van der Waals surface area (Å²) in [6.07, 6.45) is -0.847. The maximum absolute atomic E-state index is 13.8. The third-order valence-corrected chi connectivity index (χ3v) is 13.9. The molecular formula is C50H60N9O6P. The van der Waals surface area contributed by atoms with Gasteiger partial charge in [-0.2, -0.15) is 10.2 Å². The van der Waals surface area contributed by atoms with Crippen molar-refractivity contribution in [3.63, 3.8) is 0 Å². The standard InChI is InChI=1S/C50H60N9O6P/c1-33(2)31-52-48-54-46-45(47(60)55-48)53-49(57-56-39-18-13-10-14-19-39)58(46)44-30-42(65-66(29-15-28-51)59(34(3)4)35(5)6)43(64-44)32-63-50(36-16-11-9-12-17-36,37-20-24-40(61-7)25-21-37)38-22-26-41(62-8)27-23-38/h9-14,16-27,33-35,42-44H,15,29-32H2,1-8H3,(H2,52,54,55,60)/t42-,43+,44+,66?/m0/s1. The number of nitrogens with one attached hydrogen (secondary N) is 2. The van der Waals surface area contributed by atoms with Crippen LogP contribution < -0.4 is 20.3 Å². The molecule has 66 heavy (non-hydrogen) atoms. The molecule has 1 fully saturated rings. The fourth-order valence-corrected chi connectivity index (χ4v) is 10.6. The fourth-order valence-electron chi connectivity index (χ4n) is 8.33. The maximum Gasteiger partial charge on any atom is 0.280 e. The number of fused-ring (bicyclic) bond motifs is 1. The maximum atomic E-state index is 13.8. The van der Waals surface area contributed by atoms with Gasteiger partial charge in [-0.3, -0.25) is 19.0 Å². The van der Waals surface area contributed by atoms with Crippen LogP contribution in [-0.2, 0) is 19.6 Å². The third-order valence-electron chi connectivity index (χ3n) is 11.3. The summed E-state index contributed by atoms with van der Waals surface area (Å²) in [5.74, 6) is 2.15. The van der Waals surface area contributed by atoms with E-state index in [4.69, 9.17) is 33.4 Å². The molecule has 7 rings (SSSR count). The van der Waals surface area contributed by atoms with Crippen molar-refractivity contribution < 1.29 is 23.5 Å². The number of ether oxygens (including phenoxy) is 4. The second-order valence-corrected chi connectivity index (χ2v) is 18.9. The van der Waals surface area contributed by atoms with E-state index in [2.05, 4.69) is 84.9 Å². The molecule has 0 amide bonds. The Labute approximate surface area is 388 Å². The monoisotopic (exact) mass is 913 g/mol. The molecule has 3 heterocycles. The summed E-state index contributed by atoms with van der Waals surface area (Å²) in [5, 5.41) is 22.2. The van der Waals surface area contributed by atoms with Gasteiger partial charge in [0.2, 0.25) is 5.95 Å². The van der Waals surface area contributed by atoms with Crippen LogP contribution in [0, 0.1) is 17.2 Å². The van der Waals surface area contributed by atoms with Crippen LogP contribution in [0.5, 0.6) is 11.5 Å². The molecule has 346 valence electrons. The molecule has 1 saturated heterocycles. The van der Waals surface area contributed by atoms with Gasteiger partial charge in [-0.25, -0.2) is 4.98 Å². The minimum Gasteiger partial charge on any atom is -0.497 e. The van der Waals surface area contributed by atoms with Gasteiger partial charge in [0.25, 0.3) is 11.5 Å². The van der Waals surface area contributed by atoms with E-state index in [-0.39, 0.29) is 41.7 Å². The molecule has 4 atom stereocenters. The van der Waals surface area contributed by atoms with E-state index in [1.54, 1.807) is 18.8 Å². The first kappa shape index (κ1) is 47.9. The van der Waals surface area contributed by atoms with Gasteiger partial charge in [-0.15, -0.1) is 10.2 Å². The topological polar surface area (TPSA) is 173 Å². The minimum absolute atomic E-state index is 0.0571. The highest BCUT2D eigenvalue weighted by atomic mass is 31.2. The minimum atomic E-state index is -1.31. The van der Waals surface area contributed by atoms with Crippen molar-refractivity contribution >= 4 is 37.0 Å². The zero-order chi connectivity index (χ0) is 46.8. The van der Waals surface area contributed by atoms with Crippen LogP contribution >= 0.6 is 8.30 Å². The number of benzene rings is 4. The highest BCUT2D eigenvalue weighted by molar-refractivity contribution is 7.50. The number of H-pyrrole nitrogens is 1. The number of nitriles is 1. The number of rotatable bonds is 21. The molecule has 0 radical (unpaired) electrons. The van der Waals surface area contributed by atoms with Crippen molar-refractivity contribution in [2.45, 2.75) is 90.5 Å². The molecule has 16 heteroatoms. The van der Waals surface area contributed by atoms with Crippen LogP contribution in [0.15, 0.2) is 124 Å². The zero-order valence-corrected chi connectivity index (χ0v) is 39.8. The quantitative estimate of drug-likeness (QED) is 0.0400. The number of imidazole rings is 1. The summed E-state index contributed by atoms with van der Waals surface area (Å²) in [5.41, 5.74) is 2.03. The highest BCUT2D eigenvalue weighted by Gasteiger charge is 2.45. The summed E-state index contributed by atoms with van der Waals surface area (Å²) in [6, 6.07) is 37.8. The lowest BCUT2D eigenvalue weighted by molar-refractivity contribution is -0.0897. The number of anilines is 1. The van der Waals surface area contributed by atoms with Crippen LogP contribution in [0.25, 0.3) is 11.2 Å². The number of hydrogen-bond donors (Lipinski definition) is 2. The summed E-state index contributed by atoms with van der Waals surface area (Å²) < 4.78 is 37.2. The fraction of sp³-hybridized carbons (Fsp3) is 0.400. The van der Waals surface area contributed by atoms with Crippen LogP contribution in [0.2, 0.25) is 0 Å². The van der Waals surface area contributed by atoms with Gasteiger partial charge in [-0.1, -0.05) is 86.6 Å². The number of azo groups is 1. The molecule has 1 unspecified atom stereocenters. The molecule has 0 saturated carbocycles. The van der Waals surface area contributed by atoms with Crippen LogP contribution in [-0.4, -0.2) is 82.0 Å². The number of aromatic amines is 1. The van der Waals surface area contributed by atoms with E-state index in [0.717, 1.165) is 16.7 Å². The van der Waals surface area contributed by atoms with Gasteiger partial charge in [0.05, 0.1) is 38.7 Å². The third kappa shape index (κ3) is 10.8. The van der Waals surface area contributed by atoms with Gasteiger partial charge in [0.1, 0.15) is 37.7 Å². The number of methoxy groups -OCH3 is 2. The van der Waals surface area contributed by atoms with Crippen LogP contribution in [0.4, 0.5) is 17.6 Å². The van der Waals surface area contributed by atoms with Gasteiger partial charge in [0, 0.05) is 37.6 Å². The first-order chi connectivity index (χ1) is 31.9. The molecule has 1 aliphatic rings. The number of hydrogen-bond acceptors (Lipinski definition) is 13. The molecule has 0 spiro atoms. The lowest BCUT2D eigenvalue weighted by Gasteiger charge is -2.40. The lowest BCUT2D eigenvalue weighted by Crippen LogP contribution is -2.39. The van der Waals surface area contributed by atoms with Gasteiger partial charge >= 0.3 is 0 Å². The average molecular weight is 914 g/mol. The average Bonchev–Trinajstić information content (AvgIpc) is 3.90. The van der Waals surface area contributed by atoms with E-state index >= 15 is 0 Å². The van der Waals surface area contributed by atoms with Crippen molar-refractivity contribution in [1.82, 2.24) is 24.2 Å². The van der Waals surface area contributed by atoms with Crippen LogP contribution in [0.1, 0.15) is 77.3 Å². The molecule has 4 aromatic carbocycles. The van der Waals surface area contributed by atoms with Crippen molar-refractivity contribution in [1.29, 1.82) is 5.26 Å². The molecule has 0 aliphatic carbocycles. The Morgan fingerprint density at radius 1 is 0.864 bits per heavy atom. The Hall–Kier alpha value is -6.01. The molecule has 1 aliphatic heterocycles. The largest absolute Gasteiger partial charge is 0.497 e. The Morgan fingerprint density at radius 3 is 2.02 bits per heavy atom. The van der Waals surface area contributed by atoms with E-state index in [9.17, 15) is 10.1 Å². The van der Waals surface area contributed by atoms with E-state index in [1.807, 2.05) is 97.1 Å². The summed E-state index contributed by atoms with van der Waals surface area (Å²) in [6.45, 7) is 13.4. The van der Waals surface area contributed by atoms with E-state index < -0.39 is 37.9 Å². The van der Waals surface area contributed by atoms with Gasteiger partial charge < -0.3 is 28.8 Å².